The van der Waals surface area contributed by atoms with Gasteiger partial charge < -0.3 is 15.1 Å². The Morgan fingerprint density at radius 2 is 1.66 bits per heavy atom. The summed E-state index contributed by atoms with van der Waals surface area (Å²) in [5.41, 5.74) is 1.74. The fourth-order valence-electron chi connectivity index (χ4n) is 11.3. The van der Waals surface area contributed by atoms with Crippen molar-refractivity contribution in [2.24, 2.45) is 55.4 Å². The summed E-state index contributed by atoms with van der Waals surface area (Å²) in [5, 5.41) is 24.5. The Bertz CT molecular complexity index is 1220. The Morgan fingerprint density at radius 1 is 0.976 bits per heavy atom. The summed E-state index contributed by atoms with van der Waals surface area (Å²) < 4.78 is 6.09. The first-order chi connectivity index (χ1) is 18.9. The standard InChI is InChI=1S/C35H53NO5/c1-21(2)18-28(37)41-27-20-30(3,4)19-23-22-10-11-25-32(7)14-13-26(36-40)31(5,6)24(32)12-15-34(25,9)33(22,8)16-17-35(23,27)29(38)39/h10,18,23-25,27,40H,11-17,19-20H2,1-9H3,(H,38,39)/b36-26+/t23-,24-,25+,27+,32-,33+,34+,35-/m0/s1. The lowest BCUT2D eigenvalue weighted by Crippen LogP contribution is -2.66. The lowest BCUT2D eigenvalue weighted by molar-refractivity contribution is -0.202. The summed E-state index contributed by atoms with van der Waals surface area (Å²) in [4.78, 5) is 26.3. The number of hydrogen-bond donors (Lipinski definition) is 2. The van der Waals surface area contributed by atoms with Gasteiger partial charge in [0.15, 0.2) is 0 Å². The zero-order valence-corrected chi connectivity index (χ0v) is 26.9. The molecular weight excluding hydrogens is 514 g/mol. The number of carbonyl (C=O) groups is 2. The first kappa shape index (κ1) is 30.4. The van der Waals surface area contributed by atoms with Crippen LogP contribution in [0.5, 0.6) is 0 Å². The monoisotopic (exact) mass is 567 g/mol. The molecule has 0 saturated heterocycles. The predicted molar refractivity (Wildman–Crippen MR) is 161 cm³/mol. The second-order valence-corrected chi connectivity index (χ2v) is 16.7. The van der Waals surface area contributed by atoms with E-state index in [9.17, 15) is 19.9 Å². The van der Waals surface area contributed by atoms with Crippen molar-refractivity contribution >= 4 is 17.7 Å². The number of aliphatic carboxylic acids is 1. The third-order valence-corrected chi connectivity index (χ3v) is 13.6. The van der Waals surface area contributed by atoms with Gasteiger partial charge in [0.1, 0.15) is 11.5 Å². The summed E-state index contributed by atoms with van der Waals surface area (Å²) in [6, 6.07) is 0. The molecule has 5 rings (SSSR count). The van der Waals surface area contributed by atoms with Gasteiger partial charge in [0, 0.05) is 17.4 Å². The molecule has 5 aliphatic carbocycles. The zero-order chi connectivity index (χ0) is 30.4. The van der Waals surface area contributed by atoms with Crippen molar-refractivity contribution in [3.8, 4) is 0 Å². The van der Waals surface area contributed by atoms with Gasteiger partial charge in [-0.1, -0.05) is 70.8 Å². The molecule has 0 amide bonds. The third-order valence-electron chi connectivity index (χ3n) is 13.6. The summed E-state index contributed by atoms with van der Waals surface area (Å²) in [5.74, 6) is -0.486. The van der Waals surface area contributed by atoms with Crippen LogP contribution in [-0.4, -0.2) is 34.1 Å². The van der Waals surface area contributed by atoms with Crippen molar-refractivity contribution in [1.29, 1.82) is 0 Å². The number of hydrogen-bond acceptors (Lipinski definition) is 5. The highest BCUT2D eigenvalue weighted by atomic mass is 16.5. The number of carbonyl (C=O) groups excluding carboxylic acids is 1. The molecule has 4 saturated carbocycles. The number of oxime groups is 1. The van der Waals surface area contributed by atoms with Crippen LogP contribution in [0, 0.1) is 50.2 Å². The van der Waals surface area contributed by atoms with Crippen LogP contribution in [0.3, 0.4) is 0 Å². The molecule has 4 fully saturated rings. The van der Waals surface area contributed by atoms with Crippen LogP contribution in [0.25, 0.3) is 0 Å². The molecule has 0 bridgehead atoms. The van der Waals surface area contributed by atoms with Gasteiger partial charge in [-0.3, -0.25) is 4.79 Å². The van der Waals surface area contributed by atoms with Gasteiger partial charge in [-0.25, -0.2) is 4.79 Å². The van der Waals surface area contributed by atoms with Crippen LogP contribution in [0.15, 0.2) is 28.5 Å². The van der Waals surface area contributed by atoms with Crippen LogP contribution < -0.4 is 0 Å². The Kier molecular flexibility index (Phi) is 6.99. The highest BCUT2D eigenvalue weighted by Crippen LogP contribution is 2.75. The number of ether oxygens (including phenoxy) is 1. The van der Waals surface area contributed by atoms with Gasteiger partial charge in [0.25, 0.3) is 0 Å². The second-order valence-electron chi connectivity index (χ2n) is 16.7. The van der Waals surface area contributed by atoms with Crippen LogP contribution in [0.1, 0.15) is 120 Å². The minimum absolute atomic E-state index is 0.0345. The first-order valence-corrected chi connectivity index (χ1v) is 15.9. The Hall–Kier alpha value is -2.11. The fourth-order valence-corrected chi connectivity index (χ4v) is 11.3. The predicted octanol–water partition coefficient (Wildman–Crippen LogP) is 8.19. The zero-order valence-electron chi connectivity index (χ0n) is 26.9. The van der Waals surface area contributed by atoms with E-state index in [-0.39, 0.29) is 33.0 Å². The van der Waals surface area contributed by atoms with Gasteiger partial charge in [-0.05, 0) is 105 Å². The molecule has 5 aliphatic rings. The number of carboxylic acid groups (broad SMARTS) is 1. The number of esters is 1. The topological polar surface area (TPSA) is 96.2 Å². The number of fused-ring (bicyclic) bond motifs is 7. The minimum Gasteiger partial charge on any atom is -0.481 e. The average molecular weight is 568 g/mol. The lowest BCUT2D eigenvalue weighted by atomic mass is 9.33. The van der Waals surface area contributed by atoms with Crippen molar-refractivity contribution < 1.29 is 24.6 Å². The van der Waals surface area contributed by atoms with Gasteiger partial charge in [-0.2, -0.15) is 0 Å². The maximum absolute atomic E-state index is 13.4. The molecule has 0 spiro atoms. The van der Waals surface area contributed by atoms with E-state index < -0.39 is 23.5 Å². The van der Waals surface area contributed by atoms with E-state index >= 15 is 0 Å². The van der Waals surface area contributed by atoms with E-state index in [1.54, 1.807) is 0 Å². The molecule has 0 unspecified atom stereocenters. The van der Waals surface area contributed by atoms with E-state index in [4.69, 9.17) is 4.74 Å². The Morgan fingerprint density at radius 3 is 2.27 bits per heavy atom. The first-order valence-electron chi connectivity index (χ1n) is 15.9. The van der Waals surface area contributed by atoms with Gasteiger partial charge in [0.05, 0.1) is 5.71 Å². The molecule has 6 nitrogen and oxygen atoms in total. The molecule has 0 heterocycles. The summed E-state index contributed by atoms with van der Waals surface area (Å²) >= 11 is 0. The van der Waals surface area contributed by atoms with Crippen LogP contribution in [0.4, 0.5) is 0 Å². The Balaban J connectivity index is 1.59. The summed E-state index contributed by atoms with van der Waals surface area (Å²) in [7, 11) is 0. The van der Waals surface area contributed by atoms with E-state index in [2.05, 4.69) is 59.7 Å². The molecule has 6 heteroatoms. The smallest absolute Gasteiger partial charge is 0.330 e. The summed E-state index contributed by atoms with van der Waals surface area (Å²) in [6.45, 7) is 20.1. The number of rotatable bonds is 3. The highest BCUT2D eigenvalue weighted by Gasteiger charge is 2.71. The van der Waals surface area contributed by atoms with Gasteiger partial charge in [-0.15, -0.1) is 0 Å². The van der Waals surface area contributed by atoms with Crippen molar-refractivity contribution in [2.75, 3.05) is 0 Å². The maximum atomic E-state index is 13.4. The van der Waals surface area contributed by atoms with E-state index in [1.807, 2.05) is 13.8 Å². The third kappa shape index (κ3) is 4.12. The normalized spacial score (nSPS) is 45.2. The molecule has 228 valence electrons. The molecule has 8 atom stereocenters. The average Bonchev–Trinajstić information content (AvgIpc) is 2.83. The largest absolute Gasteiger partial charge is 0.481 e. The van der Waals surface area contributed by atoms with E-state index in [1.165, 1.54) is 11.6 Å². The van der Waals surface area contributed by atoms with Crippen molar-refractivity contribution in [1.82, 2.24) is 0 Å². The van der Waals surface area contributed by atoms with Crippen LogP contribution in [0.2, 0.25) is 0 Å². The molecule has 0 aliphatic heterocycles. The Labute approximate surface area is 247 Å². The van der Waals surface area contributed by atoms with Gasteiger partial charge >= 0.3 is 11.9 Å². The highest BCUT2D eigenvalue weighted by molar-refractivity contribution is 5.90. The lowest BCUT2D eigenvalue weighted by Gasteiger charge is -2.71. The van der Waals surface area contributed by atoms with Crippen LogP contribution in [-0.2, 0) is 14.3 Å². The summed E-state index contributed by atoms with van der Waals surface area (Å²) in [6.07, 6.45) is 10.9. The molecule has 0 radical (unpaired) electrons. The number of nitrogens with zero attached hydrogens (tertiary/aromatic N) is 1. The molecule has 2 N–H and O–H groups in total. The molecular formula is C35H53NO5. The second kappa shape index (κ2) is 9.44. The molecule has 0 aromatic rings. The maximum Gasteiger partial charge on any atom is 0.330 e. The van der Waals surface area contributed by atoms with Crippen LogP contribution >= 0.6 is 0 Å². The molecule has 0 aromatic heterocycles. The van der Waals surface area contributed by atoms with E-state index in [0.29, 0.717) is 24.7 Å². The minimum atomic E-state index is -1.10. The molecule has 0 aromatic carbocycles. The van der Waals surface area contributed by atoms with Crippen molar-refractivity contribution in [3.63, 3.8) is 0 Å². The number of carboxylic acids is 1. The fraction of sp³-hybridized carbons (Fsp3) is 0.800. The van der Waals surface area contributed by atoms with E-state index in [0.717, 1.165) is 56.2 Å². The van der Waals surface area contributed by atoms with Crippen molar-refractivity contribution in [3.05, 3.63) is 23.3 Å². The number of allylic oxidation sites excluding steroid dienone is 3. The SMILES string of the molecule is CC(C)=CC(=O)O[C@@H]1CC(C)(C)C[C@H]2C3=CC[C@@H]4[C@@]5(C)CC/C(=N\O)C(C)(C)[C@@H]5CC[C@@]4(C)[C@]3(C)CC[C@@]12C(=O)O. The quantitative estimate of drug-likeness (QED) is 0.118. The van der Waals surface area contributed by atoms with Gasteiger partial charge in [0.2, 0.25) is 0 Å². The van der Waals surface area contributed by atoms with Crippen molar-refractivity contribution in [2.45, 2.75) is 126 Å². The molecule has 41 heavy (non-hydrogen) atoms.